The van der Waals surface area contributed by atoms with Crippen LogP contribution in [0, 0.1) is 24.0 Å². The minimum absolute atomic E-state index is 0.00163. The predicted molar refractivity (Wildman–Crippen MR) is 279 cm³/mol. The highest BCUT2D eigenvalue weighted by atomic mass is 19.1. The van der Waals surface area contributed by atoms with Gasteiger partial charge in [-0.1, -0.05) is 25.5 Å². The molecule has 5 unspecified atom stereocenters. The topological polar surface area (TPSA) is 206 Å². The number of piperazine rings is 1. The molecule has 3 aromatic carbocycles. The normalized spacial score (nSPS) is 23.1. The second-order valence-electron chi connectivity index (χ2n) is 21.3. The van der Waals surface area contributed by atoms with Crippen molar-refractivity contribution in [3.05, 3.63) is 117 Å². The largest absolute Gasteiger partial charge is 0.508 e. The highest BCUT2D eigenvalue weighted by Gasteiger charge is 2.50. The summed E-state index contributed by atoms with van der Waals surface area (Å²) in [7, 11) is 0. The van der Waals surface area contributed by atoms with Crippen molar-refractivity contribution in [2.75, 3.05) is 44.3 Å². The Bertz CT molecular complexity index is 3890. The molecule has 7 aromatic rings. The van der Waals surface area contributed by atoms with Gasteiger partial charge >= 0.3 is 12.0 Å². The van der Waals surface area contributed by atoms with E-state index in [-0.39, 0.29) is 119 Å². The van der Waals surface area contributed by atoms with Crippen LogP contribution < -0.4 is 19.9 Å². The van der Waals surface area contributed by atoms with Crippen LogP contribution in [0.2, 0.25) is 0 Å². The molecule has 2 bridgehead atoms. The molecule has 6 aliphatic heterocycles. The molecule has 0 spiro atoms. The van der Waals surface area contributed by atoms with E-state index in [4.69, 9.17) is 30.6 Å². The summed E-state index contributed by atoms with van der Waals surface area (Å²) in [4.78, 5) is 65.7. The van der Waals surface area contributed by atoms with Gasteiger partial charge < -0.3 is 43.9 Å². The van der Waals surface area contributed by atoms with Crippen molar-refractivity contribution in [2.45, 2.75) is 94.6 Å². The lowest BCUT2D eigenvalue weighted by molar-refractivity contribution is -0.172. The number of ether oxygens (including phenoxy) is 3. The van der Waals surface area contributed by atoms with Crippen LogP contribution >= 0.6 is 0 Å². The van der Waals surface area contributed by atoms with Gasteiger partial charge in [0.2, 0.25) is 0 Å². The van der Waals surface area contributed by atoms with Crippen LogP contribution in [0.1, 0.15) is 73.3 Å². The first kappa shape index (κ1) is 49.5. The summed E-state index contributed by atoms with van der Waals surface area (Å²) < 4.78 is 66.7. The number of esters is 1. The second-order valence-corrected chi connectivity index (χ2v) is 21.3. The summed E-state index contributed by atoms with van der Waals surface area (Å²) in [5.74, 6) is 0.123. The third-order valence-corrected chi connectivity index (χ3v) is 17.0. The van der Waals surface area contributed by atoms with Gasteiger partial charge in [0.25, 0.3) is 11.5 Å². The summed E-state index contributed by atoms with van der Waals surface area (Å²) in [6.45, 7) is 6.72. The first-order valence-corrected chi connectivity index (χ1v) is 26.0. The fourth-order valence-corrected chi connectivity index (χ4v) is 13.1. The maximum Gasteiger partial charge on any atom is 0.343 e. The number of aromatic hydroxyl groups is 1. The van der Waals surface area contributed by atoms with E-state index in [0.29, 0.717) is 89.3 Å². The number of phenolic OH excluding ortho intramolecular Hbond substituents is 1. The highest BCUT2D eigenvalue weighted by molar-refractivity contribution is 6.03. The number of carbonyl (C=O) groups is 2. The maximum absolute atomic E-state index is 17.4. The van der Waals surface area contributed by atoms with Crippen molar-refractivity contribution in [1.29, 1.82) is 0 Å². The number of pyridine rings is 3. The van der Waals surface area contributed by atoms with Crippen molar-refractivity contribution in [3.63, 3.8) is 0 Å². The maximum atomic E-state index is 17.4. The van der Waals surface area contributed by atoms with Crippen LogP contribution in [0.4, 0.5) is 19.0 Å². The average molecular weight is 1060 g/mol. The molecule has 4 fully saturated rings. The minimum Gasteiger partial charge on any atom is -0.508 e. The molecule has 0 saturated carbocycles. The Balaban J connectivity index is 0.768. The third-order valence-electron chi connectivity index (χ3n) is 17.0. The first-order valence-electron chi connectivity index (χ1n) is 26.0. The summed E-state index contributed by atoms with van der Waals surface area (Å²) in [6.07, 6.45) is 9.37. The lowest BCUT2D eigenvalue weighted by Gasteiger charge is -2.42. The van der Waals surface area contributed by atoms with E-state index in [1.54, 1.807) is 31.2 Å². The van der Waals surface area contributed by atoms with Gasteiger partial charge in [-0.25, -0.2) is 22.9 Å². The van der Waals surface area contributed by atoms with Crippen LogP contribution in [-0.4, -0.2) is 125 Å². The summed E-state index contributed by atoms with van der Waals surface area (Å²) in [5, 5.41) is 34.2. The molecule has 398 valence electrons. The number of aliphatic hydroxyl groups excluding tert-OH is 1. The number of halogens is 3. The Morgan fingerprint density at radius 1 is 1.00 bits per heavy atom. The molecule has 5 atom stereocenters. The number of rotatable bonds is 11. The molecule has 1 amide bonds. The molecular weight excluding hydrogens is 1010 g/mol. The number of terminal acetylenes is 1. The standard InChI is InChI=1S/C58H51F3N8O9/c1-4-36-44(60)11-7-30-15-34(71)16-38(47(30)36)50-48(61)51-39(20-62-50)52(65-56(64-51)78-28-57-13-6-14-67(57)21-31(59)19-57)66-22-32-8-9-33(23-66)69(32)53(72)29(3)26-76-35-10-12-45-37(17-35)41(25-70)40-24-68-46(49(40)63-45)18-43-42(54(68)73)27-77-55(74)58(43,75)5-2/h1,7,10-12,15-18,20,31-33,70-71,75H,3,5-6,8-9,13-14,19,21-28H2,2H3. The van der Waals surface area contributed by atoms with Gasteiger partial charge in [-0.2, -0.15) is 9.97 Å². The summed E-state index contributed by atoms with van der Waals surface area (Å²) in [5.41, 5.74) is -0.399. The number of hydrogen-bond donors (Lipinski definition) is 3. The van der Waals surface area contributed by atoms with Crippen molar-refractivity contribution >= 4 is 50.3 Å². The zero-order valence-corrected chi connectivity index (χ0v) is 42.3. The van der Waals surface area contributed by atoms with Crippen molar-refractivity contribution in [2.24, 2.45) is 0 Å². The molecular formula is C58H51F3N8O9. The Kier molecular flexibility index (Phi) is 11.6. The van der Waals surface area contributed by atoms with Gasteiger partial charge in [0, 0.05) is 65.3 Å². The molecule has 10 heterocycles. The molecule has 17 nitrogen and oxygen atoms in total. The SMILES string of the molecule is C#Cc1c(F)ccc2cc(O)cc(-c3ncc4c(N5CC6CCC(C5)N6C(=O)C(=C)COc5ccc6nc7c(c(CO)c6c5)Cn5c-7cc6c(c5=O)COC(=O)C6(O)CC)nc(OCC56CCCN5CC(F)C6)nc4c3F)c12. The number of alkyl halides is 1. The number of nitrogens with zero attached hydrogens (tertiary/aromatic N) is 8. The molecule has 78 heavy (non-hydrogen) atoms. The molecule has 0 aliphatic carbocycles. The Labute approximate surface area is 443 Å². The molecule has 3 N–H and O–H groups in total. The van der Waals surface area contributed by atoms with E-state index in [1.165, 1.54) is 35.0 Å². The molecule has 20 heteroatoms. The lowest BCUT2D eigenvalue weighted by atomic mass is 9.86. The number of benzene rings is 3. The van der Waals surface area contributed by atoms with E-state index >= 15 is 8.78 Å². The van der Waals surface area contributed by atoms with E-state index < -0.39 is 47.1 Å². The number of cyclic esters (lactones) is 1. The first-order chi connectivity index (χ1) is 37.6. The number of aromatic nitrogens is 5. The van der Waals surface area contributed by atoms with Gasteiger partial charge in [-0.15, -0.1) is 6.42 Å². The van der Waals surface area contributed by atoms with E-state index in [1.807, 2.05) is 9.80 Å². The van der Waals surface area contributed by atoms with Gasteiger partial charge in [-0.05, 0) is 92.1 Å². The van der Waals surface area contributed by atoms with Crippen LogP contribution in [0.15, 0.2) is 71.7 Å². The zero-order chi connectivity index (χ0) is 54.1. The number of anilines is 1. The van der Waals surface area contributed by atoms with Gasteiger partial charge in [0.1, 0.15) is 60.3 Å². The van der Waals surface area contributed by atoms with Crippen molar-refractivity contribution in [1.82, 2.24) is 34.3 Å². The lowest BCUT2D eigenvalue weighted by Crippen LogP contribution is -2.56. The fourth-order valence-electron chi connectivity index (χ4n) is 13.1. The van der Waals surface area contributed by atoms with Crippen molar-refractivity contribution in [3.8, 4) is 52.5 Å². The van der Waals surface area contributed by atoms with Crippen LogP contribution in [0.3, 0.4) is 0 Å². The number of amides is 1. The Hall–Kier alpha value is -8.12. The van der Waals surface area contributed by atoms with Gasteiger partial charge in [0.15, 0.2) is 11.4 Å². The number of phenols is 1. The summed E-state index contributed by atoms with van der Waals surface area (Å²) >= 11 is 0. The monoisotopic (exact) mass is 1060 g/mol. The zero-order valence-electron chi connectivity index (χ0n) is 42.3. The van der Waals surface area contributed by atoms with Crippen LogP contribution in [0.25, 0.3) is 55.2 Å². The third kappa shape index (κ3) is 7.52. The van der Waals surface area contributed by atoms with Crippen LogP contribution in [-0.2, 0) is 39.7 Å². The van der Waals surface area contributed by atoms with Gasteiger partial charge in [0.05, 0.1) is 64.2 Å². The predicted octanol–water partition coefficient (Wildman–Crippen LogP) is 6.47. The number of fused-ring (bicyclic) bond motifs is 10. The molecule has 4 saturated heterocycles. The molecule has 6 aliphatic rings. The number of aliphatic hydroxyl groups is 2. The molecule has 13 rings (SSSR count). The number of carbonyl (C=O) groups excluding carboxylic acids is 2. The molecule has 0 radical (unpaired) electrons. The highest BCUT2D eigenvalue weighted by Crippen LogP contribution is 2.45. The smallest absolute Gasteiger partial charge is 0.343 e. The summed E-state index contributed by atoms with van der Waals surface area (Å²) in [6, 6.07) is 11.3. The Morgan fingerprint density at radius 2 is 1.81 bits per heavy atom. The number of hydrogen-bond acceptors (Lipinski definition) is 15. The minimum atomic E-state index is -1.99. The van der Waals surface area contributed by atoms with E-state index in [9.17, 15) is 34.1 Å². The van der Waals surface area contributed by atoms with E-state index in [0.717, 1.165) is 13.0 Å². The van der Waals surface area contributed by atoms with Gasteiger partial charge in [-0.3, -0.25) is 19.5 Å². The van der Waals surface area contributed by atoms with E-state index in [2.05, 4.69) is 27.4 Å². The Morgan fingerprint density at radius 3 is 2.58 bits per heavy atom. The second kappa shape index (κ2) is 18.2. The van der Waals surface area contributed by atoms with Crippen molar-refractivity contribution < 1.29 is 52.3 Å². The molecule has 4 aromatic heterocycles. The average Bonchev–Trinajstić information content (AvgIpc) is 4.33. The fraction of sp³-hybridized carbons (Fsp3) is 0.362. The van der Waals surface area contributed by atoms with Crippen LogP contribution in [0.5, 0.6) is 17.5 Å². The quantitative estimate of drug-likeness (QED) is 0.0722.